The molecule has 0 N–H and O–H groups in total. The summed E-state index contributed by atoms with van der Waals surface area (Å²) in [6.45, 7) is 4.68. The monoisotopic (exact) mass is 438 g/mol. The first kappa shape index (κ1) is 23.9. The van der Waals surface area contributed by atoms with Crippen molar-refractivity contribution < 1.29 is 19.1 Å². The van der Waals surface area contributed by atoms with Gasteiger partial charge < -0.3 is 9.47 Å². The first-order valence-corrected chi connectivity index (χ1v) is 11.9. The largest absolute Gasteiger partial charge is 0.476 e. The van der Waals surface area contributed by atoms with Gasteiger partial charge in [0.15, 0.2) is 0 Å². The first-order chi connectivity index (χ1) is 15.6. The van der Waals surface area contributed by atoms with Crippen molar-refractivity contribution in [1.82, 2.24) is 10.2 Å². The Kier molecular flexibility index (Phi) is 9.20. The standard InChI is InChI=1S/C26H34N2O4/c1-3-5-7-24(29)21-10-8-19(9-11-21)18-31-25-17-16-23(27-28-25)20-12-14-22(15-13-20)32-26(30)6-4-2/h12-17,19,21H,3-11,18H2,1-2H3. The Labute approximate surface area is 190 Å². The molecule has 1 aliphatic carbocycles. The summed E-state index contributed by atoms with van der Waals surface area (Å²) in [6.07, 6.45) is 8.01. The molecule has 2 aromatic rings. The number of unbranched alkanes of at least 4 members (excludes halogenated alkanes) is 1. The lowest BCUT2D eigenvalue weighted by Gasteiger charge is -2.27. The summed E-state index contributed by atoms with van der Waals surface area (Å²) in [5, 5.41) is 8.47. The van der Waals surface area contributed by atoms with Crippen molar-refractivity contribution in [2.75, 3.05) is 6.61 Å². The smallest absolute Gasteiger partial charge is 0.311 e. The van der Waals surface area contributed by atoms with Crippen LogP contribution in [0.4, 0.5) is 0 Å². The summed E-state index contributed by atoms with van der Waals surface area (Å²) in [5.41, 5.74) is 1.63. The fourth-order valence-corrected chi connectivity index (χ4v) is 4.04. The lowest BCUT2D eigenvalue weighted by atomic mass is 9.79. The van der Waals surface area contributed by atoms with Crippen LogP contribution in [0.1, 0.15) is 71.6 Å². The average Bonchev–Trinajstić information content (AvgIpc) is 2.82. The third-order valence-electron chi connectivity index (χ3n) is 6.02. The molecule has 172 valence electrons. The fourth-order valence-electron chi connectivity index (χ4n) is 4.04. The van der Waals surface area contributed by atoms with E-state index in [0.717, 1.165) is 62.6 Å². The number of carbonyl (C=O) groups excluding carboxylic acids is 2. The molecule has 0 radical (unpaired) electrons. The number of benzene rings is 1. The van der Waals surface area contributed by atoms with Crippen LogP contribution >= 0.6 is 0 Å². The predicted molar refractivity (Wildman–Crippen MR) is 123 cm³/mol. The van der Waals surface area contributed by atoms with Crippen molar-refractivity contribution in [3.05, 3.63) is 36.4 Å². The summed E-state index contributed by atoms with van der Waals surface area (Å²) in [5.74, 6) is 1.98. The van der Waals surface area contributed by atoms with Crippen LogP contribution in [0.15, 0.2) is 36.4 Å². The van der Waals surface area contributed by atoms with Gasteiger partial charge in [-0.25, -0.2) is 0 Å². The molecule has 1 fully saturated rings. The summed E-state index contributed by atoms with van der Waals surface area (Å²) in [6, 6.07) is 11.0. The molecule has 32 heavy (non-hydrogen) atoms. The minimum absolute atomic E-state index is 0.224. The third-order valence-corrected chi connectivity index (χ3v) is 6.02. The van der Waals surface area contributed by atoms with E-state index in [0.29, 0.717) is 36.4 Å². The molecule has 1 aromatic carbocycles. The van der Waals surface area contributed by atoms with Crippen molar-refractivity contribution in [2.45, 2.75) is 71.6 Å². The molecule has 0 amide bonds. The highest BCUT2D eigenvalue weighted by molar-refractivity contribution is 5.81. The molecule has 0 bridgehead atoms. The summed E-state index contributed by atoms with van der Waals surface area (Å²) in [7, 11) is 0. The number of hydrogen-bond acceptors (Lipinski definition) is 6. The second-order valence-electron chi connectivity index (χ2n) is 8.60. The SMILES string of the molecule is CCCCC(=O)C1CCC(COc2ccc(-c3ccc(OC(=O)CCC)cc3)nn2)CC1. The first-order valence-electron chi connectivity index (χ1n) is 11.9. The summed E-state index contributed by atoms with van der Waals surface area (Å²) < 4.78 is 11.1. The summed E-state index contributed by atoms with van der Waals surface area (Å²) in [4.78, 5) is 23.8. The fraction of sp³-hybridized carbons (Fsp3) is 0.538. The second kappa shape index (κ2) is 12.3. The molecule has 0 unspecified atom stereocenters. The van der Waals surface area contributed by atoms with E-state index >= 15 is 0 Å². The van der Waals surface area contributed by atoms with Gasteiger partial charge >= 0.3 is 5.97 Å². The van der Waals surface area contributed by atoms with Crippen LogP contribution in [-0.4, -0.2) is 28.6 Å². The van der Waals surface area contributed by atoms with Crippen molar-refractivity contribution in [1.29, 1.82) is 0 Å². The normalized spacial score (nSPS) is 18.2. The Morgan fingerprint density at radius 2 is 1.66 bits per heavy atom. The number of ketones is 1. The van der Waals surface area contributed by atoms with Gasteiger partial charge in [0.05, 0.1) is 12.3 Å². The summed E-state index contributed by atoms with van der Waals surface area (Å²) >= 11 is 0. The van der Waals surface area contributed by atoms with E-state index in [1.165, 1.54) is 0 Å². The van der Waals surface area contributed by atoms with Crippen LogP contribution in [0.3, 0.4) is 0 Å². The molecule has 1 aromatic heterocycles. The Morgan fingerprint density at radius 3 is 2.28 bits per heavy atom. The number of carbonyl (C=O) groups is 2. The van der Waals surface area contributed by atoms with Gasteiger partial charge in [0.25, 0.3) is 0 Å². The van der Waals surface area contributed by atoms with E-state index < -0.39 is 0 Å². The highest BCUT2D eigenvalue weighted by Crippen LogP contribution is 2.31. The molecule has 0 aliphatic heterocycles. The highest BCUT2D eigenvalue weighted by Gasteiger charge is 2.26. The van der Waals surface area contributed by atoms with E-state index in [1.54, 1.807) is 12.1 Å². The molecular weight excluding hydrogens is 404 g/mol. The molecule has 1 heterocycles. The van der Waals surface area contributed by atoms with Gasteiger partial charge in [-0.3, -0.25) is 9.59 Å². The minimum atomic E-state index is -0.224. The van der Waals surface area contributed by atoms with Gasteiger partial charge in [0.1, 0.15) is 11.5 Å². The van der Waals surface area contributed by atoms with Crippen molar-refractivity contribution >= 4 is 11.8 Å². The van der Waals surface area contributed by atoms with Crippen LogP contribution in [0.5, 0.6) is 11.6 Å². The minimum Gasteiger partial charge on any atom is -0.476 e. The second-order valence-corrected chi connectivity index (χ2v) is 8.60. The molecule has 1 saturated carbocycles. The van der Waals surface area contributed by atoms with E-state index in [1.807, 2.05) is 31.2 Å². The number of nitrogens with zero attached hydrogens (tertiary/aromatic N) is 2. The van der Waals surface area contributed by atoms with Gasteiger partial charge in [-0.15, -0.1) is 10.2 Å². The Balaban J connectivity index is 1.44. The lowest BCUT2D eigenvalue weighted by Crippen LogP contribution is -2.25. The van der Waals surface area contributed by atoms with Gasteiger partial charge in [0, 0.05) is 30.4 Å². The molecule has 0 atom stereocenters. The maximum Gasteiger partial charge on any atom is 0.311 e. The zero-order valence-electron chi connectivity index (χ0n) is 19.2. The quantitative estimate of drug-likeness (QED) is 0.326. The Bertz CT molecular complexity index is 856. The van der Waals surface area contributed by atoms with Crippen LogP contribution < -0.4 is 9.47 Å². The molecule has 0 saturated heterocycles. The number of aromatic nitrogens is 2. The maximum absolute atomic E-state index is 12.2. The Morgan fingerprint density at radius 1 is 0.906 bits per heavy atom. The van der Waals surface area contributed by atoms with Gasteiger partial charge in [-0.2, -0.15) is 0 Å². The highest BCUT2D eigenvalue weighted by atomic mass is 16.5. The van der Waals surface area contributed by atoms with E-state index in [2.05, 4.69) is 17.1 Å². The number of hydrogen-bond donors (Lipinski definition) is 0. The van der Waals surface area contributed by atoms with Crippen molar-refractivity contribution in [3.63, 3.8) is 0 Å². The number of Topliss-reactive ketones (excluding diaryl/α,β-unsaturated/α-hetero) is 1. The predicted octanol–water partition coefficient (Wildman–Crippen LogP) is 5.79. The van der Waals surface area contributed by atoms with E-state index in [4.69, 9.17) is 9.47 Å². The van der Waals surface area contributed by atoms with Crippen LogP contribution in [0.25, 0.3) is 11.3 Å². The number of rotatable bonds is 11. The van der Waals surface area contributed by atoms with E-state index in [-0.39, 0.29) is 11.9 Å². The van der Waals surface area contributed by atoms with Crippen LogP contribution in [0, 0.1) is 11.8 Å². The van der Waals surface area contributed by atoms with Gasteiger partial charge in [-0.05, 0) is 74.8 Å². The molecular formula is C26H34N2O4. The van der Waals surface area contributed by atoms with Crippen LogP contribution in [-0.2, 0) is 9.59 Å². The van der Waals surface area contributed by atoms with E-state index in [9.17, 15) is 9.59 Å². The van der Waals surface area contributed by atoms with Gasteiger partial charge in [0.2, 0.25) is 5.88 Å². The lowest BCUT2D eigenvalue weighted by molar-refractivity contribution is -0.134. The topological polar surface area (TPSA) is 78.4 Å². The average molecular weight is 439 g/mol. The zero-order chi connectivity index (χ0) is 22.8. The van der Waals surface area contributed by atoms with Crippen LogP contribution in [0.2, 0.25) is 0 Å². The molecule has 3 rings (SSSR count). The molecule has 1 aliphatic rings. The molecule has 6 nitrogen and oxygen atoms in total. The third kappa shape index (κ3) is 7.14. The zero-order valence-corrected chi connectivity index (χ0v) is 19.2. The molecule has 6 heteroatoms. The molecule has 0 spiro atoms. The number of esters is 1. The Hall–Kier alpha value is -2.76. The van der Waals surface area contributed by atoms with Gasteiger partial charge in [-0.1, -0.05) is 20.3 Å². The van der Waals surface area contributed by atoms with Crippen molar-refractivity contribution in [3.8, 4) is 22.9 Å². The van der Waals surface area contributed by atoms with Crippen molar-refractivity contribution in [2.24, 2.45) is 11.8 Å². The maximum atomic E-state index is 12.2. The number of ether oxygens (including phenoxy) is 2.